The van der Waals surface area contributed by atoms with E-state index < -0.39 is 40.0 Å². The predicted octanol–water partition coefficient (Wildman–Crippen LogP) is 6.09. The van der Waals surface area contributed by atoms with Crippen LogP contribution in [0.4, 0.5) is 22.0 Å². The number of hydrogen-bond donors (Lipinski definition) is 0. The Morgan fingerprint density at radius 2 is 0.962 bits per heavy atom. The maximum atomic E-state index is 13.8. The summed E-state index contributed by atoms with van der Waals surface area (Å²) in [6, 6.07) is 10.5. The maximum Gasteiger partial charge on any atom is 0.194 e. The SMILES string of the molecule is Cc1cc([S+](c2ccc(F)c(C)c2)c2cc(F)c(F)c(F)c2)ccc1F. The Kier molecular flexibility index (Phi) is 5.05. The van der Waals surface area contributed by atoms with E-state index in [0.717, 1.165) is 12.1 Å². The first-order valence-corrected chi connectivity index (χ1v) is 8.91. The van der Waals surface area contributed by atoms with E-state index in [4.69, 9.17) is 0 Å². The van der Waals surface area contributed by atoms with Crippen molar-refractivity contribution in [1.29, 1.82) is 0 Å². The van der Waals surface area contributed by atoms with Gasteiger partial charge in [0.25, 0.3) is 0 Å². The molecule has 0 saturated carbocycles. The normalized spacial score (nSPS) is 11.2. The second-order valence-electron chi connectivity index (χ2n) is 5.83. The van der Waals surface area contributed by atoms with E-state index in [1.54, 1.807) is 26.0 Å². The number of rotatable bonds is 3. The molecule has 0 nitrogen and oxygen atoms in total. The molecule has 3 aromatic rings. The van der Waals surface area contributed by atoms with Crippen molar-refractivity contribution in [3.63, 3.8) is 0 Å². The van der Waals surface area contributed by atoms with Gasteiger partial charge in [-0.2, -0.15) is 0 Å². The van der Waals surface area contributed by atoms with Crippen LogP contribution >= 0.6 is 0 Å². The fourth-order valence-corrected chi connectivity index (χ4v) is 4.80. The van der Waals surface area contributed by atoms with Crippen LogP contribution in [0.3, 0.4) is 0 Å². The molecule has 0 N–H and O–H groups in total. The van der Waals surface area contributed by atoms with Crippen LogP contribution in [0.25, 0.3) is 0 Å². The Hall–Kier alpha value is -2.34. The largest absolute Gasteiger partial charge is 0.207 e. The van der Waals surface area contributed by atoms with Crippen LogP contribution in [0.5, 0.6) is 0 Å². The van der Waals surface area contributed by atoms with E-state index in [0.29, 0.717) is 20.9 Å². The molecule has 134 valence electrons. The molecule has 3 aromatic carbocycles. The highest BCUT2D eigenvalue weighted by molar-refractivity contribution is 7.97. The highest BCUT2D eigenvalue weighted by Gasteiger charge is 2.32. The van der Waals surface area contributed by atoms with E-state index in [2.05, 4.69) is 0 Å². The van der Waals surface area contributed by atoms with Gasteiger partial charge in [-0.3, -0.25) is 0 Å². The third kappa shape index (κ3) is 3.46. The molecule has 0 aliphatic rings. The lowest BCUT2D eigenvalue weighted by atomic mass is 10.2. The lowest BCUT2D eigenvalue weighted by Gasteiger charge is -2.10. The average Bonchev–Trinajstić information content (AvgIpc) is 2.59. The number of hydrogen-bond acceptors (Lipinski definition) is 0. The first-order valence-electron chi connectivity index (χ1n) is 7.69. The summed E-state index contributed by atoms with van der Waals surface area (Å²) in [4.78, 5) is 1.35. The van der Waals surface area contributed by atoms with Crippen molar-refractivity contribution in [3.8, 4) is 0 Å². The Labute approximate surface area is 150 Å². The van der Waals surface area contributed by atoms with Gasteiger partial charge in [-0.15, -0.1) is 0 Å². The second kappa shape index (κ2) is 7.11. The topological polar surface area (TPSA) is 0 Å². The summed E-state index contributed by atoms with van der Waals surface area (Å²) in [7, 11) is -1.06. The lowest BCUT2D eigenvalue weighted by molar-refractivity contribution is 0.443. The van der Waals surface area contributed by atoms with E-state index in [1.165, 1.54) is 24.3 Å². The first-order chi connectivity index (χ1) is 12.3. The molecule has 0 atom stereocenters. The molecule has 3 rings (SSSR count). The standard InChI is InChI=1S/C20H14F5S/c1-11-7-13(3-5-16(11)21)26(14-4-6-17(22)12(2)8-14)15-9-18(23)20(25)19(24)10-15/h3-10H,1-2H3/q+1. The minimum Gasteiger partial charge on any atom is -0.207 e. The average molecular weight is 381 g/mol. The van der Waals surface area contributed by atoms with Gasteiger partial charge in [-0.05, 0) is 61.4 Å². The van der Waals surface area contributed by atoms with Crippen molar-refractivity contribution in [2.75, 3.05) is 0 Å². The van der Waals surface area contributed by atoms with Gasteiger partial charge in [0.2, 0.25) is 0 Å². The molecule has 0 radical (unpaired) electrons. The zero-order valence-corrected chi connectivity index (χ0v) is 14.7. The molecule has 0 heterocycles. The Morgan fingerprint density at radius 3 is 1.35 bits per heavy atom. The molecule has 26 heavy (non-hydrogen) atoms. The van der Waals surface area contributed by atoms with Gasteiger partial charge in [0.15, 0.2) is 32.1 Å². The van der Waals surface area contributed by atoms with Gasteiger partial charge in [0.05, 0.1) is 10.9 Å². The summed E-state index contributed by atoms with van der Waals surface area (Å²) in [5.74, 6) is -5.00. The number of halogens is 5. The van der Waals surface area contributed by atoms with Crippen LogP contribution in [-0.2, 0) is 10.9 Å². The molecular weight excluding hydrogens is 367 g/mol. The molecule has 0 aliphatic carbocycles. The summed E-state index contributed by atoms with van der Waals surface area (Å²) in [6.45, 7) is 3.14. The maximum absolute atomic E-state index is 13.8. The molecule has 0 aromatic heterocycles. The van der Waals surface area contributed by atoms with E-state index in [9.17, 15) is 22.0 Å². The van der Waals surface area contributed by atoms with Crippen molar-refractivity contribution in [3.05, 3.63) is 88.7 Å². The second-order valence-corrected chi connectivity index (χ2v) is 7.86. The summed E-state index contributed by atoms with van der Waals surface area (Å²) in [5, 5.41) is 0. The number of aryl methyl sites for hydroxylation is 2. The van der Waals surface area contributed by atoms with Crippen LogP contribution < -0.4 is 0 Å². The third-order valence-corrected chi connectivity index (χ3v) is 6.08. The number of benzene rings is 3. The highest BCUT2D eigenvalue weighted by Crippen LogP contribution is 2.34. The first kappa shape index (κ1) is 18.5. The van der Waals surface area contributed by atoms with Crippen molar-refractivity contribution in [2.45, 2.75) is 28.5 Å². The summed E-state index contributed by atoms with van der Waals surface area (Å²) < 4.78 is 68.2. The molecule has 0 fully saturated rings. The van der Waals surface area contributed by atoms with Crippen LogP contribution in [0.2, 0.25) is 0 Å². The van der Waals surface area contributed by atoms with Gasteiger partial charge in [-0.25, -0.2) is 22.0 Å². The van der Waals surface area contributed by atoms with Crippen LogP contribution in [0.1, 0.15) is 11.1 Å². The molecule has 0 unspecified atom stereocenters. The minimum atomic E-state index is -1.55. The van der Waals surface area contributed by atoms with Crippen LogP contribution in [0.15, 0.2) is 63.2 Å². The van der Waals surface area contributed by atoms with Gasteiger partial charge >= 0.3 is 0 Å². The molecule has 0 saturated heterocycles. The molecule has 0 amide bonds. The highest BCUT2D eigenvalue weighted by atomic mass is 32.2. The quantitative estimate of drug-likeness (QED) is 0.292. The fraction of sp³-hybridized carbons (Fsp3) is 0.100. The van der Waals surface area contributed by atoms with E-state index in [1.807, 2.05) is 0 Å². The molecule has 0 spiro atoms. The van der Waals surface area contributed by atoms with Gasteiger partial charge < -0.3 is 0 Å². The zero-order valence-electron chi connectivity index (χ0n) is 13.9. The molecular formula is C20H14F5S+. The fourth-order valence-electron chi connectivity index (χ4n) is 2.55. The molecule has 0 aliphatic heterocycles. The van der Waals surface area contributed by atoms with Crippen LogP contribution in [0, 0.1) is 42.9 Å². The van der Waals surface area contributed by atoms with E-state index in [-0.39, 0.29) is 4.90 Å². The molecule has 0 bridgehead atoms. The lowest BCUT2D eigenvalue weighted by Crippen LogP contribution is -2.08. The summed E-state index contributed by atoms with van der Waals surface area (Å²) in [5.41, 5.74) is 0.726. The van der Waals surface area contributed by atoms with Crippen molar-refractivity contribution < 1.29 is 22.0 Å². The van der Waals surface area contributed by atoms with Crippen molar-refractivity contribution in [1.82, 2.24) is 0 Å². The van der Waals surface area contributed by atoms with Gasteiger partial charge in [0, 0.05) is 12.1 Å². The zero-order chi connectivity index (χ0) is 19.0. The predicted molar refractivity (Wildman–Crippen MR) is 90.8 cm³/mol. The summed E-state index contributed by atoms with van der Waals surface area (Å²) in [6.07, 6.45) is 0. The van der Waals surface area contributed by atoms with Crippen molar-refractivity contribution >= 4 is 10.9 Å². The molecule has 6 heteroatoms. The Morgan fingerprint density at radius 1 is 0.538 bits per heavy atom. The minimum absolute atomic E-state index is 0.179. The monoisotopic (exact) mass is 381 g/mol. The van der Waals surface area contributed by atoms with Gasteiger partial charge in [0.1, 0.15) is 11.6 Å². The van der Waals surface area contributed by atoms with Crippen molar-refractivity contribution in [2.24, 2.45) is 0 Å². The summed E-state index contributed by atoms with van der Waals surface area (Å²) >= 11 is 0. The third-order valence-electron chi connectivity index (χ3n) is 3.92. The van der Waals surface area contributed by atoms with E-state index >= 15 is 0 Å². The van der Waals surface area contributed by atoms with Gasteiger partial charge in [-0.1, -0.05) is 0 Å². The Balaban J connectivity index is 2.24. The van der Waals surface area contributed by atoms with Crippen LogP contribution in [-0.4, -0.2) is 0 Å². The smallest absolute Gasteiger partial charge is 0.194 e. The Bertz CT molecular complexity index is 909.